The predicted octanol–water partition coefficient (Wildman–Crippen LogP) is 4.68. The molecule has 0 amide bonds. The van der Waals surface area contributed by atoms with E-state index in [2.05, 4.69) is 21.8 Å². The van der Waals surface area contributed by atoms with Gasteiger partial charge < -0.3 is 14.4 Å². The van der Waals surface area contributed by atoms with Crippen molar-refractivity contribution in [3.8, 4) is 17.4 Å². The standard InChI is InChI=1S/C24H19F5N4O3/c1-12-14-7-23(8-14)11-32-20(33(12)23)6-19(31-22(32)34)35-10-13-4-16(25)21(17(26)5-13)36-15-2-3-18(30-9-15)24(27,28)29/h2-6,9,12,14H,7-8,10-11H2,1H3. The fourth-order valence-electron chi connectivity index (χ4n) is 5.62. The Morgan fingerprint density at radius 1 is 1.14 bits per heavy atom. The molecule has 1 spiro atoms. The molecule has 2 saturated heterocycles. The van der Waals surface area contributed by atoms with Gasteiger partial charge in [-0.2, -0.15) is 18.2 Å². The number of hydrogen-bond acceptors (Lipinski definition) is 6. The summed E-state index contributed by atoms with van der Waals surface area (Å²) in [6.07, 6.45) is -1.84. The molecule has 0 N–H and O–H groups in total. The summed E-state index contributed by atoms with van der Waals surface area (Å²) in [5.74, 6) is -1.82. The van der Waals surface area contributed by atoms with Crippen molar-refractivity contribution in [2.45, 2.75) is 50.7 Å². The topological polar surface area (TPSA) is 69.5 Å². The maximum Gasteiger partial charge on any atom is 0.433 e. The van der Waals surface area contributed by atoms with Crippen LogP contribution in [0.5, 0.6) is 17.4 Å². The minimum Gasteiger partial charge on any atom is -0.473 e. The average molecular weight is 506 g/mol. The van der Waals surface area contributed by atoms with Crippen molar-refractivity contribution in [2.24, 2.45) is 5.92 Å². The molecule has 3 fully saturated rings. The molecule has 2 aromatic heterocycles. The lowest BCUT2D eigenvalue weighted by Crippen LogP contribution is -2.45. The van der Waals surface area contributed by atoms with Gasteiger partial charge in [0.25, 0.3) is 0 Å². The Morgan fingerprint density at radius 3 is 2.50 bits per heavy atom. The lowest BCUT2D eigenvalue weighted by atomic mass is 9.72. The Kier molecular flexibility index (Phi) is 4.83. The predicted molar refractivity (Wildman–Crippen MR) is 116 cm³/mol. The van der Waals surface area contributed by atoms with Gasteiger partial charge in [-0.1, -0.05) is 0 Å². The zero-order valence-corrected chi connectivity index (χ0v) is 18.9. The number of rotatable bonds is 5. The normalized spacial score (nSPS) is 23.8. The molecule has 1 aliphatic carbocycles. The van der Waals surface area contributed by atoms with E-state index in [0.29, 0.717) is 24.6 Å². The fourth-order valence-corrected chi connectivity index (χ4v) is 5.62. The second kappa shape index (κ2) is 7.65. The van der Waals surface area contributed by atoms with Crippen LogP contribution >= 0.6 is 0 Å². The van der Waals surface area contributed by atoms with Gasteiger partial charge in [0.15, 0.2) is 17.4 Å². The first-order chi connectivity index (χ1) is 17.0. The maximum atomic E-state index is 14.6. The number of hydrogen-bond donors (Lipinski definition) is 0. The number of pyridine rings is 1. The van der Waals surface area contributed by atoms with E-state index < -0.39 is 34.9 Å². The number of benzene rings is 1. The molecule has 3 aliphatic heterocycles. The van der Waals surface area contributed by atoms with Crippen molar-refractivity contribution >= 4 is 5.82 Å². The van der Waals surface area contributed by atoms with Crippen LogP contribution in [0.15, 0.2) is 41.3 Å². The van der Waals surface area contributed by atoms with Gasteiger partial charge in [0, 0.05) is 12.1 Å². The van der Waals surface area contributed by atoms with E-state index in [4.69, 9.17) is 9.47 Å². The molecular formula is C24H19F5N4O3. The third kappa shape index (κ3) is 3.49. The SMILES string of the molecule is CC1C2CC3(C2)Cn2c(cc(OCc4cc(F)c(Oc5ccc(C(F)(F)F)nc5)c(F)c4)nc2=O)N13. The van der Waals surface area contributed by atoms with Crippen molar-refractivity contribution in [2.75, 3.05) is 4.90 Å². The third-order valence-electron chi connectivity index (χ3n) is 7.24. The number of aromatic nitrogens is 3. The van der Waals surface area contributed by atoms with Gasteiger partial charge >= 0.3 is 11.9 Å². The minimum absolute atomic E-state index is 0.0266. The summed E-state index contributed by atoms with van der Waals surface area (Å²) in [4.78, 5) is 22.0. The van der Waals surface area contributed by atoms with Gasteiger partial charge in [0.05, 0.1) is 18.3 Å². The highest BCUT2D eigenvalue weighted by atomic mass is 19.4. The number of alkyl halides is 3. The van der Waals surface area contributed by atoms with E-state index in [0.717, 1.165) is 43.1 Å². The monoisotopic (exact) mass is 506 g/mol. The van der Waals surface area contributed by atoms with Crippen LogP contribution in [0.4, 0.5) is 27.8 Å². The van der Waals surface area contributed by atoms with E-state index in [-0.39, 0.29) is 29.3 Å². The summed E-state index contributed by atoms with van der Waals surface area (Å²) in [7, 11) is 0. The Morgan fingerprint density at radius 2 is 1.86 bits per heavy atom. The summed E-state index contributed by atoms with van der Waals surface area (Å²) >= 11 is 0. The summed E-state index contributed by atoms with van der Waals surface area (Å²) in [6, 6.07) is 5.50. The molecule has 36 heavy (non-hydrogen) atoms. The first-order valence-corrected chi connectivity index (χ1v) is 11.3. The zero-order chi connectivity index (χ0) is 25.4. The van der Waals surface area contributed by atoms with Crippen LogP contribution in [0.2, 0.25) is 0 Å². The van der Waals surface area contributed by atoms with Crippen molar-refractivity contribution < 1.29 is 31.4 Å². The van der Waals surface area contributed by atoms with E-state index in [1.165, 1.54) is 0 Å². The lowest BCUT2D eigenvalue weighted by Gasteiger charge is -2.36. The van der Waals surface area contributed by atoms with Crippen molar-refractivity contribution in [3.63, 3.8) is 0 Å². The number of halogens is 5. The van der Waals surface area contributed by atoms with Crippen LogP contribution in [0.3, 0.4) is 0 Å². The number of anilines is 1. The molecule has 12 heteroatoms. The Labute approximate surface area is 201 Å². The second-order valence-corrected chi connectivity index (χ2v) is 9.48. The molecule has 4 aliphatic rings. The summed E-state index contributed by atoms with van der Waals surface area (Å²) < 4.78 is 79.4. The van der Waals surface area contributed by atoms with Crippen molar-refractivity contribution in [3.05, 3.63) is 69.9 Å². The number of ether oxygens (including phenoxy) is 2. The first-order valence-electron chi connectivity index (χ1n) is 11.3. The molecule has 7 nitrogen and oxygen atoms in total. The molecule has 1 atom stereocenters. The van der Waals surface area contributed by atoms with Gasteiger partial charge in [0.2, 0.25) is 5.88 Å². The lowest BCUT2D eigenvalue weighted by molar-refractivity contribution is -0.141. The van der Waals surface area contributed by atoms with E-state index in [9.17, 15) is 26.7 Å². The number of nitrogens with zero attached hydrogens (tertiary/aromatic N) is 4. The van der Waals surface area contributed by atoms with Gasteiger partial charge in [0.1, 0.15) is 23.9 Å². The van der Waals surface area contributed by atoms with Gasteiger partial charge in [-0.05, 0) is 55.5 Å². The molecule has 7 rings (SSSR count). The highest BCUT2D eigenvalue weighted by molar-refractivity contribution is 5.55. The van der Waals surface area contributed by atoms with Gasteiger partial charge in [-0.3, -0.25) is 4.57 Å². The molecule has 3 aromatic rings. The summed E-state index contributed by atoms with van der Waals surface area (Å²) in [5.41, 5.74) is -1.51. The van der Waals surface area contributed by atoms with Crippen LogP contribution in [0, 0.1) is 17.6 Å². The molecule has 1 saturated carbocycles. The first kappa shape index (κ1) is 22.7. The molecule has 1 aromatic carbocycles. The quantitative estimate of drug-likeness (QED) is 0.469. The maximum absolute atomic E-state index is 14.6. The van der Waals surface area contributed by atoms with Crippen LogP contribution in [-0.2, 0) is 19.3 Å². The molecule has 2 bridgehead atoms. The third-order valence-corrected chi connectivity index (χ3v) is 7.24. The van der Waals surface area contributed by atoms with Crippen molar-refractivity contribution in [1.29, 1.82) is 0 Å². The van der Waals surface area contributed by atoms with Gasteiger partial charge in [-0.25, -0.2) is 18.6 Å². The van der Waals surface area contributed by atoms with Crippen LogP contribution < -0.4 is 20.1 Å². The van der Waals surface area contributed by atoms with E-state index in [1.807, 2.05) is 0 Å². The molecule has 5 heterocycles. The minimum atomic E-state index is -4.65. The van der Waals surface area contributed by atoms with E-state index in [1.54, 1.807) is 10.6 Å². The Bertz CT molecular complexity index is 1390. The smallest absolute Gasteiger partial charge is 0.433 e. The molecule has 0 radical (unpaired) electrons. The van der Waals surface area contributed by atoms with Crippen LogP contribution in [0.1, 0.15) is 31.0 Å². The number of fused-ring (bicyclic) bond motifs is 1. The average Bonchev–Trinajstić information content (AvgIpc) is 3.37. The Hall–Kier alpha value is -3.70. The summed E-state index contributed by atoms with van der Waals surface area (Å²) in [5, 5.41) is 0. The molecule has 188 valence electrons. The molecular weight excluding hydrogens is 487 g/mol. The van der Waals surface area contributed by atoms with E-state index >= 15 is 0 Å². The largest absolute Gasteiger partial charge is 0.473 e. The highest BCUT2D eigenvalue weighted by Crippen LogP contribution is 2.59. The Balaban J connectivity index is 1.18. The fraction of sp³-hybridized carbons (Fsp3) is 0.375. The second-order valence-electron chi connectivity index (χ2n) is 9.48. The zero-order valence-electron chi connectivity index (χ0n) is 18.9. The van der Waals surface area contributed by atoms with Crippen LogP contribution in [0.25, 0.3) is 0 Å². The van der Waals surface area contributed by atoms with Gasteiger partial charge in [-0.15, -0.1) is 0 Å². The van der Waals surface area contributed by atoms with Crippen LogP contribution in [-0.4, -0.2) is 26.1 Å². The van der Waals surface area contributed by atoms with Crippen molar-refractivity contribution in [1.82, 2.24) is 14.5 Å². The molecule has 1 unspecified atom stereocenters. The highest BCUT2D eigenvalue weighted by Gasteiger charge is 2.63. The summed E-state index contributed by atoms with van der Waals surface area (Å²) in [6.45, 7) is 2.47.